The number of rotatable bonds is 7. The highest BCUT2D eigenvalue weighted by Crippen LogP contribution is 2.39. The topological polar surface area (TPSA) is 86.1 Å². The van der Waals surface area contributed by atoms with E-state index < -0.39 is 0 Å². The molecule has 0 aromatic carbocycles. The summed E-state index contributed by atoms with van der Waals surface area (Å²) in [6.45, 7) is 4.11. The lowest BCUT2D eigenvalue weighted by Crippen LogP contribution is -2.17. The number of anilines is 1. The molecule has 0 unspecified atom stereocenters. The normalized spacial score (nSPS) is 12.9. The summed E-state index contributed by atoms with van der Waals surface area (Å²) in [5, 5.41) is 12.4. The Kier molecular flexibility index (Phi) is 5.98. The number of esters is 1. The second kappa shape index (κ2) is 8.22. The van der Waals surface area contributed by atoms with Crippen molar-refractivity contribution in [3.8, 4) is 0 Å². The number of amides is 1. The highest BCUT2D eigenvalue weighted by molar-refractivity contribution is 7.99. The van der Waals surface area contributed by atoms with Crippen molar-refractivity contribution >= 4 is 40.0 Å². The zero-order chi connectivity index (χ0) is 18.7. The van der Waals surface area contributed by atoms with Gasteiger partial charge in [-0.1, -0.05) is 18.7 Å². The Balaban J connectivity index is 1.69. The number of aryl methyl sites for hydroxylation is 2. The highest BCUT2D eigenvalue weighted by Gasteiger charge is 2.28. The van der Waals surface area contributed by atoms with Gasteiger partial charge in [-0.2, -0.15) is 0 Å². The molecular formula is C17H22N4O3S2. The molecule has 0 radical (unpaired) electrons. The van der Waals surface area contributed by atoms with E-state index >= 15 is 0 Å². The molecule has 1 aliphatic rings. The van der Waals surface area contributed by atoms with E-state index in [9.17, 15) is 9.59 Å². The van der Waals surface area contributed by atoms with Crippen LogP contribution in [0.15, 0.2) is 5.16 Å². The zero-order valence-electron chi connectivity index (χ0n) is 15.1. The van der Waals surface area contributed by atoms with Gasteiger partial charge in [0.1, 0.15) is 10.8 Å². The number of ether oxygens (including phenoxy) is 1. The molecule has 0 saturated carbocycles. The molecule has 2 aromatic rings. The zero-order valence-corrected chi connectivity index (χ0v) is 16.8. The molecule has 26 heavy (non-hydrogen) atoms. The summed E-state index contributed by atoms with van der Waals surface area (Å²) in [6, 6.07) is 0. The van der Waals surface area contributed by atoms with Crippen molar-refractivity contribution in [2.75, 3.05) is 17.7 Å². The van der Waals surface area contributed by atoms with E-state index in [1.165, 1.54) is 28.0 Å². The molecule has 1 amide bonds. The van der Waals surface area contributed by atoms with E-state index in [0.29, 0.717) is 22.3 Å². The van der Waals surface area contributed by atoms with Gasteiger partial charge in [-0.15, -0.1) is 21.5 Å². The fraction of sp³-hybridized carbons (Fsp3) is 0.529. The molecule has 0 spiro atoms. The number of carbonyl (C=O) groups excluding carboxylic acids is 2. The molecule has 0 bridgehead atoms. The van der Waals surface area contributed by atoms with Crippen LogP contribution in [0.2, 0.25) is 0 Å². The standard InChI is InChI=1S/C17H22N4O3S2/c1-4-12-19-20-17(21(12)3)25-9-13(22)18-15-14(16(23)24-5-2)10-7-6-8-11(10)26-15/h4-9H2,1-3H3,(H,18,22). The van der Waals surface area contributed by atoms with E-state index in [2.05, 4.69) is 15.5 Å². The molecule has 140 valence electrons. The predicted molar refractivity (Wildman–Crippen MR) is 102 cm³/mol. The van der Waals surface area contributed by atoms with Crippen LogP contribution in [0, 0.1) is 0 Å². The fourth-order valence-electron chi connectivity index (χ4n) is 2.98. The third kappa shape index (κ3) is 3.78. The van der Waals surface area contributed by atoms with Crippen molar-refractivity contribution in [2.45, 2.75) is 44.7 Å². The number of fused-ring (bicyclic) bond motifs is 1. The van der Waals surface area contributed by atoms with Gasteiger partial charge in [0.15, 0.2) is 5.16 Å². The van der Waals surface area contributed by atoms with Gasteiger partial charge in [-0.05, 0) is 31.7 Å². The maximum Gasteiger partial charge on any atom is 0.341 e. The van der Waals surface area contributed by atoms with Gasteiger partial charge in [0, 0.05) is 18.3 Å². The summed E-state index contributed by atoms with van der Waals surface area (Å²) in [5.74, 6) is 0.574. The first-order chi connectivity index (χ1) is 12.5. The smallest absolute Gasteiger partial charge is 0.341 e. The Bertz CT molecular complexity index is 828. The first-order valence-corrected chi connectivity index (χ1v) is 10.5. The number of nitrogens with zero attached hydrogens (tertiary/aromatic N) is 3. The largest absolute Gasteiger partial charge is 0.462 e. The molecular weight excluding hydrogens is 372 g/mol. The number of hydrogen-bond donors (Lipinski definition) is 1. The molecule has 7 nitrogen and oxygen atoms in total. The molecule has 3 rings (SSSR count). The quantitative estimate of drug-likeness (QED) is 0.574. The fourth-order valence-corrected chi connectivity index (χ4v) is 5.01. The van der Waals surface area contributed by atoms with Gasteiger partial charge in [0.25, 0.3) is 0 Å². The molecule has 0 aliphatic heterocycles. The highest BCUT2D eigenvalue weighted by atomic mass is 32.2. The van der Waals surface area contributed by atoms with E-state index in [0.717, 1.165) is 37.1 Å². The summed E-state index contributed by atoms with van der Waals surface area (Å²) in [6.07, 6.45) is 3.66. The summed E-state index contributed by atoms with van der Waals surface area (Å²) < 4.78 is 7.07. The van der Waals surface area contributed by atoms with Crippen LogP contribution in [0.25, 0.3) is 0 Å². The minimum absolute atomic E-state index is 0.165. The number of hydrogen-bond acceptors (Lipinski definition) is 7. The van der Waals surface area contributed by atoms with Gasteiger partial charge >= 0.3 is 5.97 Å². The van der Waals surface area contributed by atoms with E-state index in [1.54, 1.807) is 6.92 Å². The summed E-state index contributed by atoms with van der Waals surface area (Å²) in [5.41, 5.74) is 1.58. The van der Waals surface area contributed by atoms with Crippen LogP contribution in [0.5, 0.6) is 0 Å². The van der Waals surface area contributed by atoms with Crippen LogP contribution in [0.1, 0.15) is 46.9 Å². The molecule has 0 fully saturated rings. The monoisotopic (exact) mass is 394 g/mol. The SMILES string of the molecule is CCOC(=O)c1c(NC(=O)CSc2nnc(CC)n2C)sc2c1CCC2. The average molecular weight is 395 g/mol. The maximum atomic E-state index is 12.4. The van der Waals surface area contributed by atoms with Gasteiger partial charge in [0.05, 0.1) is 17.9 Å². The summed E-state index contributed by atoms with van der Waals surface area (Å²) >= 11 is 2.82. The Morgan fingerprint density at radius 3 is 2.81 bits per heavy atom. The average Bonchev–Trinajstić information content (AvgIpc) is 3.27. The molecule has 2 aromatic heterocycles. The Morgan fingerprint density at radius 1 is 1.31 bits per heavy atom. The lowest BCUT2D eigenvalue weighted by molar-refractivity contribution is -0.113. The van der Waals surface area contributed by atoms with Gasteiger partial charge in [-0.3, -0.25) is 4.79 Å². The summed E-state index contributed by atoms with van der Waals surface area (Å²) in [7, 11) is 1.89. The van der Waals surface area contributed by atoms with Crippen LogP contribution in [0.4, 0.5) is 5.00 Å². The van der Waals surface area contributed by atoms with Crippen molar-refractivity contribution in [2.24, 2.45) is 7.05 Å². The van der Waals surface area contributed by atoms with Crippen molar-refractivity contribution in [3.05, 3.63) is 21.8 Å². The lowest BCUT2D eigenvalue weighted by atomic mass is 10.1. The molecule has 0 atom stereocenters. The second-order valence-electron chi connectivity index (χ2n) is 5.93. The van der Waals surface area contributed by atoms with Crippen LogP contribution in [-0.4, -0.2) is 39.0 Å². The van der Waals surface area contributed by atoms with E-state index in [-0.39, 0.29) is 17.6 Å². The summed E-state index contributed by atoms with van der Waals surface area (Å²) in [4.78, 5) is 25.9. The van der Waals surface area contributed by atoms with Crippen LogP contribution in [0.3, 0.4) is 0 Å². The molecule has 9 heteroatoms. The third-order valence-electron chi connectivity index (χ3n) is 4.23. The number of thioether (sulfide) groups is 1. The predicted octanol–water partition coefficient (Wildman–Crippen LogP) is 2.84. The second-order valence-corrected chi connectivity index (χ2v) is 7.98. The minimum atomic E-state index is -0.351. The molecule has 1 aliphatic carbocycles. The molecule has 1 N–H and O–H groups in total. The first kappa shape index (κ1) is 18.9. The third-order valence-corrected chi connectivity index (χ3v) is 6.45. The minimum Gasteiger partial charge on any atom is -0.462 e. The van der Waals surface area contributed by atoms with Crippen LogP contribution >= 0.6 is 23.1 Å². The number of carbonyl (C=O) groups is 2. The lowest BCUT2D eigenvalue weighted by Gasteiger charge is -2.08. The van der Waals surface area contributed by atoms with Crippen molar-refractivity contribution in [1.29, 1.82) is 0 Å². The maximum absolute atomic E-state index is 12.4. The van der Waals surface area contributed by atoms with Gasteiger partial charge in [-0.25, -0.2) is 4.79 Å². The van der Waals surface area contributed by atoms with E-state index in [4.69, 9.17) is 4.74 Å². The Morgan fingerprint density at radius 2 is 2.12 bits per heavy atom. The van der Waals surface area contributed by atoms with Crippen LogP contribution < -0.4 is 5.32 Å². The van der Waals surface area contributed by atoms with Gasteiger partial charge in [0.2, 0.25) is 5.91 Å². The number of nitrogens with one attached hydrogen (secondary N) is 1. The molecule has 0 saturated heterocycles. The van der Waals surface area contributed by atoms with Crippen LogP contribution in [-0.2, 0) is 35.8 Å². The first-order valence-electron chi connectivity index (χ1n) is 8.67. The van der Waals surface area contributed by atoms with Gasteiger partial charge < -0.3 is 14.6 Å². The number of aromatic nitrogens is 3. The van der Waals surface area contributed by atoms with E-state index in [1.807, 2.05) is 18.5 Å². The Labute approximate surface area is 160 Å². The van der Waals surface area contributed by atoms with Crippen molar-refractivity contribution < 1.29 is 14.3 Å². The number of thiophene rings is 1. The van der Waals surface area contributed by atoms with Crippen molar-refractivity contribution in [3.63, 3.8) is 0 Å². The Hall–Kier alpha value is -1.87. The molecule has 2 heterocycles. The van der Waals surface area contributed by atoms with Crippen molar-refractivity contribution in [1.82, 2.24) is 14.8 Å².